The largest absolute Gasteiger partial charge is 0.303 e. The molecule has 0 aromatic heterocycles. The van der Waals surface area contributed by atoms with E-state index in [1.807, 2.05) is 0 Å². The van der Waals surface area contributed by atoms with Gasteiger partial charge in [-0.15, -0.1) is 0 Å². The Labute approximate surface area is 157 Å². The lowest BCUT2D eigenvalue weighted by Gasteiger charge is -2.38. The minimum absolute atomic E-state index is 0.719. The van der Waals surface area contributed by atoms with Gasteiger partial charge in [0.25, 0.3) is 0 Å². The van der Waals surface area contributed by atoms with Crippen LogP contribution in [0.4, 0.5) is 0 Å². The van der Waals surface area contributed by atoms with E-state index in [9.17, 15) is 0 Å². The molecule has 25 heavy (non-hydrogen) atoms. The molecule has 3 nitrogen and oxygen atoms in total. The van der Waals surface area contributed by atoms with Gasteiger partial charge in [0.15, 0.2) is 0 Å². The maximum Gasteiger partial charge on any atom is 0.0113 e. The molecule has 0 amide bonds. The third-order valence-corrected chi connectivity index (χ3v) is 7.06. The Hall–Kier alpha value is -0.120. The Kier molecular flexibility index (Phi) is 6.84. The van der Waals surface area contributed by atoms with Crippen LogP contribution in [0.5, 0.6) is 0 Å². The summed E-state index contributed by atoms with van der Waals surface area (Å²) in [6.45, 7) is 20.0. The fourth-order valence-corrected chi connectivity index (χ4v) is 5.25. The van der Waals surface area contributed by atoms with Crippen LogP contribution in [0.3, 0.4) is 0 Å². The number of piperidine rings is 1. The van der Waals surface area contributed by atoms with Crippen LogP contribution in [-0.4, -0.2) is 73.1 Å². The number of rotatable bonds is 8. The van der Waals surface area contributed by atoms with Crippen LogP contribution in [-0.2, 0) is 0 Å². The third-order valence-electron chi connectivity index (χ3n) is 7.06. The predicted octanol–water partition coefficient (Wildman–Crippen LogP) is 3.94. The normalized spacial score (nSPS) is 26.6. The Balaban J connectivity index is 1.30. The first-order valence-electron chi connectivity index (χ1n) is 11.1. The highest BCUT2D eigenvalue weighted by atomic mass is 15.3. The number of piperazine rings is 1. The molecule has 0 N–H and O–H groups in total. The Morgan fingerprint density at radius 2 is 1.48 bits per heavy atom. The summed E-state index contributed by atoms with van der Waals surface area (Å²) in [6.07, 6.45) is 8.77. The van der Waals surface area contributed by atoms with E-state index in [0.717, 1.165) is 23.3 Å². The summed E-state index contributed by atoms with van der Waals surface area (Å²) in [5.74, 6) is 1.86. The molecule has 1 saturated carbocycles. The van der Waals surface area contributed by atoms with Gasteiger partial charge in [0.05, 0.1) is 0 Å². The molecule has 0 aromatic rings. The van der Waals surface area contributed by atoms with Crippen LogP contribution in [0, 0.1) is 17.3 Å². The molecule has 0 spiro atoms. The number of hydrogen-bond acceptors (Lipinski definition) is 3. The molecule has 1 aliphatic carbocycles. The molecule has 3 heteroatoms. The first-order valence-corrected chi connectivity index (χ1v) is 11.1. The maximum atomic E-state index is 2.80. The summed E-state index contributed by atoms with van der Waals surface area (Å²) >= 11 is 0. The van der Waals surface area contributed by atoms with E-state index < -0.39 is 0 Å². The number of likely N-dealkylation sites (tertiary alicyclic amines) is 1. The minimum Gasteiger partial charge on any atom is -0.303 e. The van der Waals surface area contributed by atoms with E-state index in [2.05, 4.69) is 42.4 Å². The summed E-state index contributed by atoms with van der Waals surface area (Å²) in [5.41, 5.74) is 0.719. The van der Waals surface area contributed by atoms with Gasteiger partial charge in [-0.2, -0.15) is 0 Å². The van der Waals surface area contributed by atoms with E-state index in [4.69, 9.17) is 0 Å². The number of hydrogen-bond donors (Lipinski definition) is 0. The highest BCUT2D eigenvalue weighted by Gasteiger charge is 2.44. The topological polar surface area (TPSA) is 9.72 Å². The first kappa shape index (κ1) is 19.6. The van der Waals surface area contributed by atoms with E-state index in [1.54, 1.807) is 0 Å². The van der Waals surface area contributed by atoms with Gasteiger partial charge in [-0.3, -0.25) is 4.90 Å². The van der Waals surface area contributed by atoms with E-state index >= 15 is 0 Å². The zero-order valence-electron chi connectivity index (χ0n) is 17.5. The molecule has 2 saturated heterocycles. The van der Waals surface area contributed by atoms with Crippen LogP contribution in [0.2, 0.25) is 0 Å². The number of nitrogens with zero attached hydrogens (tertiary/aromatic N) is 3. The molecule has 0 atom stereocenters. The van der Waals surface area contributed by atoms with Crippen molar-refractivity contribution in [1.29, 1.82) is 0 Å². The van der Waals surface area contributed by atoms with Crippen molar-refractivity contribution in [1.82, 2.24) is 14.7 Å². The lowest BCUT2D eigenvalue weighted by Crippen LogP contribution is -2.49. The molecule has 3 aliphatic rings. The molecule has 146 valence electrons. The molecule has 0 radical (unpaired) electrons. The predicted molar refractivity (Wildman–Crippen MR) is 108 cm³/mol. The summed E-state index contributed by atoms with van der Waals surface area (Å²) in [5, 5.41) is 0. The van der Waals surface area contributed by atoms with Crippen molar-refractivity contribution in [3.05, 3.63) is 0 Å². The van der Waals surface area contributed by atoms with Crippen LogP contribution in [0.25, 0.3) is 0 Å². The second-order valence-electron chi connectivity index (χ2n) is 10.1. The lowest BCUT2D eigenvalue weighted by molar-refractivity contribution is 0.0945. The van der Waals surface area contributed by atoms with E-state index in [1.165, 1.54) is 90.9 Å². The molecule has 0 bridgehead atoms. The summed E-state index contributed by atoms with van der Waals surface area (Å²) < 4.78 is 0. The molecule has 2 aliphatic heterocycles. The van der Waals surface area contributed by atoms with Gasteiger partial charge in [0.2, 0.25) is 0 Å². The second kappa shape index (κ2) is 8.71. The SMILES string of the molecule is CC(C)CC1(CN2CCC(CCN3CCN(C(C)C)CC3)CC2)CC1. The fourth-order valence-electron chi connectivity index (χ4n) is 5.25. The minimum atomic E-state index is 0.719. The van der Waals surface area contributed by atoms with E-state index in [-0.39, 0.29) is 0 Å². The van der Waals surface area contributed by atoms with Gasteiger partial charge < -0.3 is 9.80 Å². The summed E-state index contributed by atoms with van der Waals surface area (Å²) in [7, 11) is 0. The lowest BCUT2D eigenvalue weighted by atomic mass is 9.90. The third kappa shape index (κ3) is 5.94. The Bertz CT molecular complexity index is 386. The Morgan fingerprint density at radius 3 is 2.00 bits per heavy atom. The van der Waals surface area contributed by atoms with Crippen LogP contribution in [0.1, 0.15) is 66.2 Å². The van der Waals surface area contributed by atoms with Crippen LogP contribution in [0.15, 0.2) is 0 Å². The summed E-state index contributed by atoms with van der Waals surface area (Å²) in [4.78, 5) is 8.14. The smallest absolute Gasteiger partial charge is 0.0113 e. The molecule has 2 heterocycles. The molecular weight excluding hydrogens is 306 g/mol. The maximum absolute atomic E-state index is 2.80. The van der Waals surface area contributed by atoms with Crippen molar-refractivity contribution in [2.45, 2.75) is 72.3 Å². The monoisotopic (exact) mass is 349 g/mol. The van der Waals surface area contributed by atoms with Crippen molar-refractivity contribution >= 4 is 0 Å². The molecule has 0 unspecified atom stereocenters. The average molecular weight is 350 g/mol. The standard InChI is InChI=1S/C22H43N3/c1-19(2)17-22(8-9-22)18-24-11-6-21(7-12-24)5-10-23-13-15-25(16-14-23)20(3)4/h19-21H,5-18H2,1-4H3. The first-order chi connectivity index (χ1) is 12.0. The van der Waals surface area contributed by atoms with Crippen molar-refractivity contribution in [3.8, 4) is 0 Å². The van der Waals surface area contributed by atoms with Gasteiger partial charge in [-0.25, -0.2) is 0 Å². The highest BCUT2D eigenvalue weighted by Crippen LogP contribution is 2.51. The van der Waals surface area contributed by atoms with Crippen molar-refractivity contribution in [2.75, 3.05) is 52.4 Å². The second-order valence-corrected chi connectivity index (χ2v) is 10.1. The fraction of sp³-hybridized carbons (Fsp3) is 1.00. The van der Waals surface area contributed by atoms with Gasteiger partial charge in [-0.1, -0.05) is 13.8 Å². The summed E-state index contributed by atoms with van der Waals surface area (Å²) in [6, 6.07) is 0.719. The zero-order chi connectivity index (χ0) is 17.9. The van der Waals surface area contributed by atoms with Gasteiger partial charge in [-0.05, 0) is 89.3 Å². The molecule has 0 aromatic carbocycles. The molecule has 3 fully saturated rings. The van der Waals surface area contributed by atoms with Gasteiger partial charge >= 0.3 is 0 Å². The average Bonchev–Trinajstić information content (AvgIpc) is 3.32. The van der Waals surface area contributed by atoms with E-state index in [0.29, 0.717) is 0 Å². The zero-order valence-corrected chi connectivity index (χ0v) is 17.5. The van der Waals surface area contributed by atoms with Crippen LogP contribution >= 0.6 is 0 Å². The molecular formula is C22H43N3. The van der Waals surface area contributed by atoms with Crippen molar-refractivity contribution < 1.29 is 0 Å². The van der Waals surface area contributed by atoms with Gasteiger partial charge in [0.1, 0.15) is 0 Å². The Morgan fingerprint density at radius 1 is 0.840 bits per heavy atom. The van der Waals surface area contributed by atoms with Crippen molar-refractivity contribution in [3.63, 3.8) is 0 Å². The van der Waals surface area contributed by atoms with Gasteiger partial charge in [0, 0.05) is 38.8 Å². The highest BCUT2D eigenvalue weighted by molar-refractivity contribution is 4.96. The molecule has 3 rings (SSSR count). The van der Waals surface area contributed by atoms with Crippen LogP contribution < -0.4 is 0 Å². The van der Waals surface area contributed by atoms with Crippen molar-refractivity contribution in [2.24, 2.45) is 17.3 Å². The quantitative estimate of drug-likeness (QED) is 0.657.